The monoisotopic (exact) mass is 407 g/mol. The molecule has 0 saturated carbocycles. The minimum atomic E-state index is -0.565. The van der Waals surface area contributed by atoms with E-state index in [-0.39, 0.29) is 11.7 Å². The molecule has 0 bridgehead atoms. The highest BCUT2D eigenvalue weighted by atomic mass is 32.1. The van der Waals surface area contributed by atoms with E-state index in [2.05, 4.69) is 15.5 Å². The summed E-state index contributed by atoms with van der Waals surface area (Å²) in [6.45, 7) is 5.55. The molecule has 7 heteroatoms. The van der Waals surface area contributed by atoms with Gasteiger partial charge < -0.3 is 10.1 Å². The van der Waals surface area contributed by atoms with Gasteiger partial charge in [-0.15, -0.1) is 16.4 Å². The molecule has 0 spiro atoms. The molecule has 2 aliphatic heterocycles. The standard InChI is InChI=1S/C22H18FN3O2S/c1-10-7-13-8-16-17(28-12(3)22(27)24-16)9-14(13)20(26-25-10)21-11(2)19-15(23)5-4-6-18(19)29-21/h4-6,8-9,12H,7H2,1-3H3,(H,24,27). The normalized spacial score (nSPS) is 18.2. The summed E-state index contributed by atoms with van der Waals surface area (Å²) in [5.41, 5.74) is 4.95. The predicted molar refractivity (Wildman–Crippen MR) is 114 cm³/mol. The first kappa shape index (κ1) is 18.0. The number of ether oxygens (including phenoxy) is 1. The van der Waals surface area contributed by atoms with Gasteiger partial charge in [-0.1, -0.05) is 6.07 Å². The van der Waals surface area contributed by atoms with Crippen LogP contribution in [0.4, 0.5) is 10.1 Å². The molecule has 0 aliphatic carbocycles. The number of anilines is 1. The summed E-state index contributed by atoms with van der Waals surface area (Å²) in [4.78, 5) is 12.9. The van der Waals surface area contributed by atoms with Crippen molar-refractivity contribution in [2.24, 2.45) is 10.2 Å². The first-order chi connectivity index (χ1) is 13.9. The topological polar surface area (TPSA) is 63.0 Å². The largest absolute Gasteiger partial charge is 0.479 e. The molecule has 1 aromatic heterocycles. The Labute approximate surface area is 170 Å². The van der Waals surface area contributed by atoms with Gasteiger partial charge >= 0.3 is 0 Å². The number of fused-ring (bicyclic) bond motifs is 3. The van der Waals surface area contributed by atoms with Crippen LogP contribution in [-0.4, -0.2) is 23.4 Å². The second kappa shape index (κ2) is 6.49. The average Bonchev–Trinajstić information content (AvgIpc) is 2.92. The van der Waals surface area contributed by atoms with E-state index in [9.17, 15) is 9.18 Å². The van der Waals surface area contributed by atoms with Crippen LogP contribution < -0.4 is 10.1 Å². The van der Waals surface area contributed by atoms with Gasteiger partial charge in [-0.3, -0.25) is 4.79 Å². The lowest BCUT2D eigenvalue weighted by molar-refractivity contribution is -0.122. The number of aryl methyl sites for hydroxylation is 1. The van der Waals surface area contributed by atoms with Gasteiger partial charge in [0.05, 0.1) is 10.6 Å². The number of carbonyl (C=O) groups is 1. The minimum absolute atomic E-state index is 0.166. The van der Waals surface area contributed by atoms with E-state index in [1.165, 1.54) is 17.4 Å². The summed E-state index contributed by atoms with van der Waals surface area (Å²) in [6.07, 6.45) is 0.0455. The van der Waals surface area contributed by atoms with Crippen molar-refractivity contribution in [2.75, 3.05) is 5.32 Å². The lowest BCUT2D eigenvalue weighted by atomic mass is 9.95. The van der Waals surface area contributed by atoms with Gasteiger partial charge in [-0.2, -0.15) is 5.10 Å². The molecule has 1 N–H and O–H groups in total. The van der Waals surface area contributed by atoms with E-state index in [4.69, 9.17) is 4.74 Å². The maximum atomic E-state index is 14.4. The highest BCUT2D eigenvalue weighted by molar-refractivity contribution is 7.21. The Kier molecular flexibility index (Phi) is 4.03. The Balaban J connectivity index is 1.74. The number of carbonyl (C=O) groups excluding carboxylic acids is 1. The van der Waals surface area contributed by atoms with E-state index in [0.717, 1.165) is 32.0 Å². The van der Waals surface area contributed by atoms with Crippen LogP contribution in [0.25, 0.3) is 10.1 Å². The van der Waals surface area contributed by atoms with E-state index >= 15 is 0 Å². The van der Waals surface area contributed by atoms with E-state index in [0.29, 0.717) is 29.0 Å². The second-order valence-electron chi connectivity index (χ2n) is 7.38. The summed E-state index contributed by atoms with van der Waals surface area (Å²) in [5.74, 6) is 0.205. The molecule has 0 radical (unpaired) electrons. The van der Waals surface area contributed by atoms with Gasteiger partial charge in [0, 0.05) is 27.8 Å². The fourth-order valence-corrected chi connectivity index (χ4v) is 5.03. The molecule has 1 unspecified atom stereocenters. The van der Waals surface area contributed by atoms with Crippen molar-refractivity contribution in [3.05, 3.63) is 57.7 Å². The molecule has 146 valence electrons. The van der Waals surface area contributed by atoms with Crippen molar-refractivity contribution in [1.82, 2.24) is 0 Å². The molecule has 0 fully saturated rings. The van der Waals surface area contributed by atoms with Crippen molar-refractivity contribution in [1.29, 1.82) is 0 Å². The number of nitrogens with zero attached hydrogens (tertiary/aromatic N) is 2. The summed E-state index contributed by atoms with van der Waals surface area (Å²) >= 11 is 1.51. The summed E-state index contributed by atoms with van der Waals surface area (Å²) in [5, 5.41) is 12.4. The number of hydrogen-bond acceptors (Lipinski definition) is 5. The Bertz CT molecular complexity index is 1260. The third-order valence-electron chi connectivity index (χ3n) is 5.28. The highest BCUT2D eigenvalue weighted by Crippen LogP contribution is 2.39. The first-order valence-electron chi connectivity index (χ1n) is 9.36. The molecule has 2 aromatic carbocycles. The number of hydrogen-bond donors (Lipinski definition) is 1. The molecular weight excluding hydrogens is 389 g/mol. The third-order valence-corrected chi connectivity index (χ3v) is 6.54. The van der Waals surface area contributed by atoms with Crippen LogP contribution in [0.5, 0.6) is 5.75 Å². The molecule has 5 rings (SSSR count). The molecule has 1 amide bonds. The highest BCUT2D eigenvalue weighted by Gasteiger charge is 2.28. The quantitative estimate of drug-likeness (QED) is 0.628. The van der Waals surface area contributed by atoms with Gasteiger partial charge in [0.25, 0.3) is 5.91 Å². The number of rotatable bonds is 1. The van der Waals surface area contributed by atoms with Crippen LogP contribution in [0.15, 0.2) is 40.5 Å². The fourth-order valence-electron chi connectivity index (χ4n) is 3.81. The average molecular weight is 407 g/mol. The van der Waals surface area contributed by atoms with Crippen LogP contribution in [0.3, 0.4) is 0 Å². The summed E-state index contributed by atoms with van der Waals surface area (Å²) < 4.78 is 21.1. The maximum Gasteiger partial charge on any atom is 0.265 e. The lowest BCUT2D eigenvalue weighted by Gasteiger charge is -2.25. The molecule has 3 heterocycles. The summed E-state index contributed by atoms with van der Waals surface area (Å²) in [7, 11) is 0. The Morgan fingerprint density at radius 3 is 2.86 bits per heavy atom. The van der Waals surface area contributed by atoms with Gasteiger partial charge in [0.15, 0.2) is 6.10 Å². The van der Waals surface area contributed by atoms with Crippen molar-refractivity contribution in [3.63, 3.8) is 0 Å². The molecule has 1 atom stereocenters. The Morgan fingerprint density at radius 2 is 2.07 bits per heavy atom. The van der Waals surface area contributed by atoms with E-state index in [1.807, 2.05) is 32.0 Å². The summed E-state index contributed by atoms with van der Waals surface area (Å²) in [6, 6.07) is 8.95. The van der Waals surface area contributed by atoms with Gasteiger partial charge in [0.1, 0.15) is 17.3 Å². The van der Waals surface area contributed by atoms with Crippen molar-refractivity contribution in [3.8, 4) is 5.75 Å². The number of amides is 1. The first-order valence-corrected chi connectivity index (χ1v) is 10.2. The van der Waals surface area contributed by atoms with Crippen LogP contribution in [0.2, 0.25) is 0 Å². The maximum absolute atomic E-state index is 14.4. The zero-order valence-electron chi connectivity index (χ0n) is 16.2. The number of benzene rings is 2. The Morgan fingerprint density at radius 1 is 1.24 bits per heavy atom. The Hall–Kier alpha value is -3.06. The minimum Gasteiger partial charge on any atom is -0.479 e. The number of halogens is 1. The fraction of sp³-hybridized carbons (Fsp3) is 0.227. The van der Waals surface area contributed by atoms with Gasteiger partial charge in [-0.05, 0) is 56.2 Å². The van der Waals surface area contributed by atoms with Crippen LogP contribution >= 0.6 is 11.3 Å². The van der Waals surface area contributed by atoms with Gasteiger partial charge in [-0.25, -0.2) is 4.39 Å². The number of thiophene rings is 1. The lowest BCUT2D eigenvalue weighted by Crippen LogP contribution is -2.34. The van der Waals surface area contributed by atoms with Crippen molar-refractivity contribution in [2.45, 2.75) is 33.3 Å². The van der Waals surface area contributed by atoms with E-state index in [1.54, 1.807) is 13.0 Å². The zero-order chi connectivity index (χ0) is 20.3. The SMILES string of the molecule is CC1=NN=C(c2sc3cccc(F)c3c2C)c2cc3c(cc2C1)NC(=O)C(C)O3. The molecular formula is C22H18FN3O2S. The van der Waals surface area contributed by atoms with Crippen LogP contribution in [0, 0.1) is 12.7 Å². The second-order valence-corrected chi connectivity index (χ2v) is 8.44. The third kappa shape index (κ3) is 2.84. The molecule has 29 heavy (non-hydrogen) atoms. The van der Waals surface area contributed by atoms with Crippen molar-refractivity contribution >= 4 is 44.4 Å². The zero-order valence-corrected chi connectivity index (χ0v) is 17.0. The smallest absolute Gasteiger partial charge is 0.265 e. The predicted octanol–water partition coefficient (Wildman–Crippen LogP) is 4.84. The van der Waals surface area contributed by atoms with Crippen molar-refractivity contribution < 1.29 is 13.9 Å². The van der Waals surface area contributed by atoms with Crippen LogP contribution in [0.1, 0.15) is 35.4 Å². The molecule has 0 saturated heterocycles. The van der Waals surface area contributed by atoms with Crippen LogP contribution in [-0.2, 0) is 11.2 Å². The molecule has 3 aromatic rings. The molecule has 5 nitrogen and oxygen atoms in total. The van der Waals surface area contributed by atoms with E-state index < -0.39 is 6.10 Å². The molecule has 2 aliphatic rings. The van der Waals surface area contributed by atoms with Gasteiger partial charge in [0.2, 0.25) is 0 Å². The number of nitrogens with one attached hydrogen (secondary N) is 1.